The van der Waals surface area contributed by atoms with Crippen molar-refractivity contribution in [3.63, 3.8) is 0 Å². The number of benzene rings is 2. The highest BCUT2D eigenvalue weighted by atomic mass is 16.6. The Bertz CT molecular complexity index is 723. The number of aryl methyl sites for hydroxylation is 1. The first kappa shape index (κ1) is 18.2. The first-order valence-corrected chi connectivity index (χ1v) is 9.04. The maximum atomic E-state index is 10.8. The minimum Gasteiger partial charge on any atom is -0.508 e. The van der Waals surface area contributed by atoms with Gasteiger partial charge in [0.05, 0.1) is 4.92 Å². The van der Waals surface area contributed by atoms with Crippen molar-refractivity contribution in [2.45, 2.75) is 25.8 Å². The van der Waals surface area contributed by atoms with Crippen LogP contribution in [0.25, 0.3) is 0 Å². The lowest BCUT2D eigenvalue weighted by Crippen LogP contribution is -2.49. The third-order valence-electron chi connectivity index (χ3n) is 5.15. The SMILES string of the molecule is C[C@H](CCc1ccc(O)cc1)N1CCN(c2ccc([N+](=O)[O-])cc2)CC1. The number of anilines is 1. The van der Waals surface area contributed by atoms with Crippen molar-refractivity contribution < 1.29 is 10.0 Å². The van der Waals surface area contributed by atoms with Crippen LogP contribution in [0.2, 0.25) is 0 Å². The van der Waals surface area contributed by atoms with E-state index in [4.69, 9.17) is 0 Å². The van der Waals surface area contributed by atoms with E-state index in [-0.39, 0.29) is 10.6 Å². The van der Waals surface area contributed by atoms with Gasteiger partial charge in [0.2, 0.25) is 0 Å². The van der Waals surface area contributed by atoms with Crippen LogP contribution in [0.3, 0.4) is 0 Å². The molecule has 0 radical (unpaired) electrons. The predicted molar refractivity (Wildman–Crippen MR) is 103 cm³/mol. The third-order valence-corrected chi connectivity index (χ3v) is 5.15. The maximum absolute atomic E-state index is 10.8. The first-order valence-electron chi connectivity index (χ1n) is 9.04. The zero-order chi connectivity index (χ0) is 18.5. The van der Waals surface area contributed by atoms with Gasteiger partial charge in [-0.05, 0) is 49.6 Å². The Kier molecular flexibility index (Phi) is 5.73. The lowest BCUT2D eigenvalue weighted by molar-refractivity contribution is -0.384. The average Bonchev–Trinajstić information content (AvgIpc) is 2.67. The summed E-state index contributed by atoms with van der Waals surface area (Å²) in [5.41, 5.74) is 2.43. The fourth-order valence-corrected chi connectivity index (χ4v) is 3.43. The van der Waals surface area contributed by atoms with Crippen LogP contribution in [0.5, 0.6) is 5.75 Å². The largest absolute Gasteiger partial charge is 0.508 e. The van der Waals surface area contributed by atoms with Crippen molar-refractivity contribution in [1.29, 1.82) is 0 Å². The quantitative estimate of drug-likeness (QED) is 0.635. The van der Waals surface area contributed by atoms with E-state index < -0.39 is 0 Å². The van der Waals surface area contributed by atoms with E-state index in [9.17, 15) is 15.2 Å². The Balaban J connectivity index is 1.48. The zero-order valence-corrected chi connectivity index (χ0v) is 15.0. The predicted octanol–water partition coefficient (Wildman–Crippen LogP) is 3.44. The molecule has 2 aromatic rings. The highest BCUT2D eigenvalue weighted by molar-refractivity contribution is 5.51. The Hall–Kier alpha value is -2.60. The number of phenolic OH excluding ortho intramolecular Hbond substituents is 1. The molecule has 1 heterocycles. The molecular formula is C20H25N3O3. The van der Waals surface area contributed by atoms with E-state index in [0.717, 1.165) is 44.7 Å². The number of nitro groups is 1. The number of phenols is 1. The van der Waals surface area contributed by atoms with Gasteiger partial charge in [0, 0.05) is 50.0 Å². The van der Waals surface area contributed by atoms with Gasteiger partial charge in [-0.3, -0.25) is 15.0 Å². The molecule has 138 valence electrons. The molecule has 1 aliphatic heterocycles. The minimum atomic E-state index is -0.364. The van der Waals surface area contributed by atoms with Crippen molar-refractivity contribution in [3.8, 4) is 5.75 Å². The van der Waals surface area contributed by atoms with E-state index in [0.29, 0.717) is 11.8 Å². The van der Waals surface area contributed by atoms with Crippen LogP contribution in [-0.4, -0.2) is 47.2 Å². The second kappa shape index (κ2) is 8.19. The molecule has 3 rings (SSSR count). The molecule has 0 aliphatic carbocycles. The molecule has 0 saturated carbocycles. The van der Waals surface area contributed by atoms with Gasteiger partial charge in [-0.2, -0.15) is 0 Å². The topological polar surface area (TPSA) is 69.8 Å². The summed E-state index contributed by atoms with van der Waals surface area (Å²) in [5.74, 6) is 0.309. The smallest absolute Gasteiger partial charge is 0.269 e. The molecule has 0 bridgehead atoms. The van der Waals surface area contributed by atoms with Crippen LogP contribution in [0.1, 0.15) is 18.9 Å². The summed E-state index contributed by atoms with van der Waals surface area (Å²) >= 11 is 0. The van der Waals surface area contributed by atoms with Gasteiger partial charge in [-0.25, -0.2) is 0 Å². The lowest BCUT2D eigenvalue weighted by Gasteiger charge is -2.39. The van der Waals surface area contributed by atoms with E-state index in [1.165, 1.54) is 5.56 Å². The second-order valence-electron chi connectivity index (χ2n) is 6.85. The van der Waals surface area contributed by atoms with Gasteiger partial charge < -0.3 is 10.0 Å². The standard InChI is InChI=1S/C20H25N3O3/c1-16(2-3-17-4-10-20(24)11-5-17)21-12-14-22(15-13-21)18-6-8-19(9-7-18)23(25)26/h4-11,16,24H,2-3,12-15H2,1H3/t16-/m1/s1. The lowest BCUT2D eigenvalue weighted by atomic mass is 10.0. The van der Waals surface area contributed by atoms with Crippen LogP contribution in [0, 0.1) is 10.1 Å². The molecule has 0 aromatic heterocycles. The highest BCUT2D eigenvalue weighted by Gasteiger charge is 2.21. The van der Waals surface area contributed by atoms with E-state index in [1.807, 2.05) is 24.3 Å². The Morgan fingerprint density at radius 1 is 1.04 bits per heavy atom. The zero-order valence-electron chi connectivity index (χ0n) is 15.0. The summed E-state index contributed by atoms with van der Waals surface area (Å²) in [5, 5.41) is 20.1. The number of rotatable bonds is 6. The summed E-state index contributed by atoms with van der Waals surface area (Å²) in [4.78, 5) is 15.2. The maximum Gasteiger partial charge on any atom is 0.269 e. The molecule has 0 amide bonds. The van der Waals surface area contributed by atoms with Gasteiger partial charge in [0.15, 0.2) is 0 Å². The van der Waals surface area contributed by atoms with Gasteiger partial charge in [-0.1, -0.05) is 12.1 Å². The molecule has 2 aromatic carbocycles. The van der Waals surface area contributed by atoms with Crippen molar-refractivity contribution in [2.75, 3.05) is 31.1 Å². The van der Waals surface area contributed by atoms with Crippen LogP contribution in [0.4, 0.5) is 11.4 Å². The number of nitro benzene ring substituents is 1. The number of hydrogen-bond acceptors (Lipinski definition) is 5. The molecule has 6 nitrogen and oxygen atoms in total. The average molecular weight is 355 g/mol. The van der Waals surface area contributed by atoms with Crippen LogP contribution in [-0.2, 0) is 6.42 Å². The third kappa shape index (κ3) is 4.52. The first-order chi connectivity index (χ1) is 12.5. The van der Waals surface area contributed by atoms with E-state index in [2.05, 4.69) is 16.7 Å². The van der Waals surface area contributed by atoms with Gasteiger partial charge in [0.1, 0.15) is 5.75 Å². The molecule has 0 spiro atoms. The van der Waals surface area contributed by atoms with E-state index >= 15 is 0 Å². The molecule has 26 heavy (non-hydrogen) atoms. The van der Waals surface area contributed by atoms with E-state index in [1.54, 1.807) is 24.3 Å². The normalized spacial score (nSPS) is 16.4. The molecule has 1 N–H and O–H groups in total. The van der Waals surface area contributed by atoms with Crippen molar-refractivity contribution in [1.82, 2.24) is 4.90 Å². The summed E-state index contributed by atoms with van der Waals surface area (Å²) in [7, 11) is 0. The highest BCUT2D eigenvalue weighted by Crippen LogP contribution is 2.22. The molecule has 1 fully saturated rings. The monoisotopic (exact) mass is 355 g/mol. The molecule has 6 heteroatoms. The Morgan fingerprint density at radius 2 is 1.65 bits per heavy atom. The Morgan fingerprint density at radius 3 is 2.23 bits per heavy atom. The summed E-state index contributed by atoms with van der Waals surface area (Å²) < 4.78 is 0. The van der Waals surface area contributed by atoms with Crippen molar-refractivity contribution in [3.05, 3.63) is 64.2 Å². The summed E-state index contributed by atoms with van der Waals surface area (Å²) in [6, 6.07) is 14.8. The van der Waals surface area contributed by atoms with Crippen molar-refractivity contribution in [2.24, 2.45) is 0 Å². The molecular weight excluding hydrogens is 330 g/mol. The molecule has 1 aliphatic rings. The molecule has 1 saturated heterocycles. The van der Waals surface area contributed by atoms with Gasteiger partial charge >= 0.3 is 0 Å². The second-order valence-corrected chi connectivity index (χ2v) is 6.85. The molecule has 0 unspecified atom stereocenters. The number of nitrogens with zero attached hydrogens (tertiary/aromatic N) is 3. The number of non-ortho nitro benzene ring substituents is 1. The number of aromatic hydroxyl groups is 1. The molecule has 1 atom stereocenters. The van der Waals surface area contributed by atoms with Crippen LogP contribution < -0.4 is 4.90 Å². The van der Waals surface area contributed by atoms with Crippen molar-refractivity contribution >= 4 is 11.4 Å². The summed E-state index contributed by atoms with van der Waals surface area (Å²) in [6.45, 7) is 6.12. The minimum absolute atomic E-state index is 0.134. The van der Waals surface area contributed by atoms with Gasteiger partial charge in [-0.15, -0.1) is 0 Å². The Labute approximate surface area is 153 Å². The van der Waals surface area contributed by atoms with Gasteiger partial charge in [0.25, 0.3) is 5.69 Å². The van der Waals surface area contributed by atoms with Crippen LogP contribution >= 0.6 is 0 Å². The number of hydrogen-bond donors (Lipinski definition) is 1. The fraction of sp³-hybridized carbons (Fsp3) is 0.400. The van der Waals surface area contributed by atoms with Crippen LogP contribution in [0.15, 0.2) is 48.5 Å². The summed E-state index contributed by atoms with van der Waals surface area (Å²) in [6.07, 6.45) is 2.09. The number of piperazine rings is 1. The fourth-order valence-electron chi connectivity index (χ4n) is 3.43.